The molecule has 0 atom stereocenters. The molecule has 0 fully saturated rings. The molecule has 5 nitrogen and oxygen atoms in total. The molecule has 0 spiro atoms. The van der Waals surface area contributed by atoms with Crippen LogP contribution in [-0.4, -0.2) is 31.5 Å². The highest BCUT2D eigenvalue weighted by molar-refractivity contribution is 9.10. The first-order valence-corrected chi connectivity index (χ1v) is 5.76. The Labute approximate surface area is 108 Å². The average molecular weight is 304 g/mol. The van der Waals surface area contributed by atoms with E-state index in [4.69, 9.17) is 14.6 Å². The van der Waals surface area contributed by atoms with E-state index in [0.29, 0.717) is 11.4 Å². The van der Waals surface area contributed by atoms with Crippen molar-refractivity contribution < 1.29 is 19.4 Å². The predicted molar refractivity (Wildman–Crippen MR) is 67.5 cm³/mol. The van der Waals surface area contributed by atoms with Gasteiger partial charge in [0.1, 0.15) is 12.4 Å². The second kappa shape index (κ2) is 6.46. The quantitative estimate of drug-likeness (QED) is 0.895. The number of hydrogen-bond acceptors (Lipinski definition) is 4. The SMILES string of the molecule is COc1cc(Br)cc(C)c1NC(=O)OCCO. The van der Waals surface area contributed by atoms with Gasteiger partial charge in [-0.2, -0.15) is 0 Å². The first-order chi connectivity index (χ1) is 8.08. The van der Waals surface area contributed by atoms with Crippen LogP contribution in [0.5, 0.6) is 5.75 Å². The Morgan fingerprint density at radius 3 is 2.82 bits per heavy atom. The molecule has 0 unspecified atom stereocenters. The molecule has 1 aromatic rings. The van der Waals surface area contributed by atoms with E-state index in [9.17, 15) is 4.79 Å². The zero-order valence-electron chi connectivity index (χ0n) is 9.62. The van der Waals surface area contributed by atoms with Crippen LogP contribution in [0.4, 0.5) is 10.5 Å². The molecule has 2 N–H and O–H groups in total. The number of aliphatic hydroxyl groups is 1. The van der Waals surface area contributed by atoms with Crippen LogP contribution in [-0.2, 0) is 4.74 Å². The number of aryl methyl sites for hydroxylation is 1. The van der Waals surface area contributed by atoms with Gasteiger partial charge in [0.05, 0.1) is 19.4 Å². The number of ether oxygens (including phenoxy) is 2. The van der Waals surface area contributed by atoms with Crippen molar-refractivity contribution in [1.82, 2.24) is 0 Å². The van der Waals surface area contributed by atoms with E-state index < -0.39 is 6.09 Å². The topological polar surface area (TPSA) is 67.8 Å². The zero-order chi connectivity index (χ0) is 12.8. The van der Waals surface area contributed by atoms with Gasteiger partial charge in [-0.1, -0.05) is 15.9 Å². The van der Waals surface area contributed by atoms with Gasteiger partial charge in [-0.05, 0) is 24.6 Å². The highest BCUT2D eigenvalue weighted by Crippen LogP contribution is 2.32. The van der Waals surface area contributed by atoms with Gasteiger partial charge in [0.25, 0.3) is 0 Å². The standard InChI is InChI=1S/C11H14BrNO4/c1-7-5-8(12)6-9(16-2)10(7)13-11(15)17-4-3-14/h5-6,14H,3-4H2,1-2H3,(H,13,15). The summed E-state index contributed by atoms with van der Waals surface area (Å²) in [6, 6.07) is 3.60. The Morgan fingerprint density at radius 1 is 1.53 bits per heavy atom. The van der Waals surface area contributed by atoms with E-state index in [0.717, 1.165) is 10.0 Å². The van der Waals surface area contributed by atoms with Crippen molar-refractivity contribution >= 4 is 27.7 Å². The highest BCUT2D eigenvalue weighted by Gasteiger charge is 2.12. The summed E-state index contributed by atoms with van der Waals surface area (Å²) in [5.41, 5.74) is 1.40. The molecule has 0 aliphatic rings. The summed E-state index contributed by atoms with van der Waals surface area (Å²) in [5.74, 6) is 0.540. The van der Waals surface area contributed by atoms with E-state index in [-0.39, 0.29) is 13.2 Å². The first-order valence-electron chi connectivity index (χ1n) is 4.97. The van der Waals surface area contributed by atoms with Crippen LogP contribution in [0.15, 0.2) is 16.6 Å². The molecule has 0 aliphatic heterocycles. The van der Waals surface area contributed by atoms with E-state index in [1.54, 1.807) is 6.07 Å². The van der Waals surface area contributed by atoms with Gasteiger partial charge in [-0.15, -0.1) is 0 Å². The lowest BCUT2D eigenvalue weighted by atomic mass is 10.2. The van der Waals surface area contributed by atoms with Crippen LogP contribution < -0.4 is 10.1 Å². The van der Waals surface area contributed by atoms with Gasteiger partial charge in [0.2, 0.25) is 0 Å². The van der Waals surface area contributed by atoms with Crippen molar-refractivity contribution in [2.75, 3.05) is 25.6 Å². The number of benzene rings is 1. The number of amides is 1. The first kappa shape index (κ1) is 13.8. The van der Waals surface area contributed by atoms with Crippen molar-refractivity contribution in [2.24, 2.45) is 0 Å². The molecule has 0 heterocycles. The molecule has 0 bridgehead atoms. The van der Waals surface area contributed by atoms with Crippen molar-refractivity contribution in [3.8, 4) is 5.75 Å². The van der Waals surface area contributed by atoms with Crippen LogP contribution >= 0.6 is 15.9 Å². The molecular weight excluding hydrogens is 290 g/mol. The van der Waals surface area contributed by atoms with E-state index in [2.05, 4.69) is 21.2 Å². The largest absolute Gasteiger partial charge is 0.495 e. The lowest BCUT2D eigenvalue weighted by molar-refractivity contribution is 0.131. The zero-order valence-corrected chi connectivity index (χ0v) is 11.2. The smallest absolute Gasteiger partial charge is 0.411 e. The summed E-state index contributed by atoms with van der Waals surface area (Å²) in [7, 11) is 1.52. The third-order valence-corrected chi connectivity index (χ3v) is 2.49. The fourth-order valence-electron chi connectivity index (χ4n) is 1.31. The Hall–Kier alpha value is -1.27. The summed E-state index contributed by atoms with van der Waals surface area (Å²) >= 11 is 3.34. The monoisotopic (exact) mass is 303 g/mol. The van der Waals surface area contributed by atoms with Crippen LogP contribution in [0.2, 0.25) is 0 Å². The molecule has 0 radical (unpaired) electrons. The molecule has 0 saturated heterocycles. The average Bonchev–Trinajstić information content (AvgIpc) is 2.29. The summed E-state index contributed by atoms with van der Waals surface area (Å²) in [4.78, 5) is 11.4. The van der Waals surface area contributed by atoms with Gasteiger partial charge < -0.3 is 14.6 Å². The Bertz CT molecular complexity index is 409. The van der Waals surface area contributed by atoms with Gasteiger partial charge in [-0.25, -0.2) is 4.79 Å². The molecular formula is C11H14BrNO4. The van der Waals surface area contributed by atoms with Gasteiger partial charge in [0.15, 0.2) is 0 Å². The van der Waals surface area contributed by atoms with Gasteiger partial charge in [0, 0.05) is 4.47 Å². The maximum Gasteiger partial charge on any atom is 0.411 e. The number of halogens is 1. The number of aliphatic hydroxyl groups excluding tert-OH is 1. The third-order valence-electron chi connectivity index (χ3n) is 2.04. The maximum absolute atomic E-state index is 11.4. The highest BCUT2D eigenvalue weighted by atomic mass is 79.9. The molecule has 1 aromatic carbocycles. The van der Waals surface area contributed by atoms with Gasteiger partial charge >= 0.3 is 6.09 Å². The fraction of sp³-hybridized carbons (Fsp3) is 0.364. The number of carbonyl (C=O) groups excluding carboxylic acids is 1. The lowest BCUT2D eigenvalue weighted by Crippen LogP contribution is -2.17. The second-order valence-electron chi connectivity index (χ2n) is 3.28. The molecule has 1 rings (SSSR count). The third kappa shape index (κ3) is 3.90. The molecule has 94 valence electrons. The van der Waals surface area contributed by atoms with Crippen LogP contribution in [0.3, 0.4) is 0 Å². The van der Waals surface area contributed by atoms with Crippen molar-refractivity contribution in [2.45, 2.75) is 6.92 Å². The van der Waals surface area contributed by atoms with E-state index >= 15 is 0 Å². The number of hydrogen-bond donors (Lipinski definition) is 2. The number of carbonyl (C=O) groups is 1. The Morgan fingerprint density at radius 2 is 2.24 bits per heavy atom. The van der Waals surface area contributed by atoms with E-state index in [1.807, 2.05) is 13.0 Å². The summed E-state index contributed by atoms with van der Waals surface area (Å²) < 4.78 is 10.7. The summed E-state index contributed by atoms with van der Waals surface area (Å²) in [6.07, 6.45) is -0.622. The normalized spacial score (nSPS) is 9.88. The van der Waals surface area contributed by atoms with Crippen molar-refractivity contribution in [3.63, 3.8) is 0 Å². The summed E-state index contributed by atoms with van der Waals surface area (Å²) in [6.45, 7) is 1.60. The maximum atomic E-state index is 11.4. The minimum Gasteiger partial charge on any atom is -0.495 e. The lowest BCUT2D eigenvalue weighted by Gasteiger charge is -2.13. The summed E-state index contributed by atoms with van der Waals surface area (Å²) in [5, 5.41) is 11.1. The Kier molecular flexibility index (Phi) is 5.24. The molecule has 6 heteroatoms. The van der Waals surface area contributed by atoms with Crippen LogP contribution in [0, 0.1) is 6.92 Å². The van der Waals surface area contributed by atoms with Crippen LogP contribution in [0.1, 0.15) is 5.56 Å². The van der Waals surface area contributed by atoms with Crippen molar-refractivity contribution in [1.29, 1.82) is 0 Å². The number of rotatable bonds is 4. The number of methoxy groups -OCH3 is 1. The molecule has 0 saturated carbocycles. The van der Waals surface area contributed by atoms with E-state index in [1.165, 1.54) is 7.11 Å². The molecule has 17 heavy (non-hydrogen) atoms. The minimum atomic E-state index is -0.622. The Balaban J connectivity index is 2.86. The number of nitrogens with one attached hydrogen (secondary N) is 1. The van der Waals surface area contributed by atoms with Crippen LogP contribution in [0.25, 0.3) is 0 Å². The van der Waals surface area contributed by atoms with Gasteiger partial charge in [-0.3, -0.25) is 5.32 Å². The molecule has 0 aromatic heterocycles. The fourth-order valence-corrected chi connectivity index (χ4v) is 1.86. The molecule has 0 aliphatic carbocycles. The molecule has 1 amide bonds. The minimum absolute atomic E-state index is 0.0380. The van der Waals surface area contributed by atoms with Crippen molar-refractivity contribution in [3.05, 3.63) is 22.2 Å². The predicted octanol–water partition coefficient (Wildman–Crippen LogP) is 2.31. The second-order valence-corrected chi connectivity index (χ2v) is 4.20. The number of anilines is 1.